The van der Waals surface area contributed by atoms with Crippen LogP contribution in [-0.4, -0.2) is 35.8 Å². The fraction of sp³-hybridized carbons (Fsp3) is 0.556. The molecule has 1 aliphatic heterocycles. The SMILES string of the molecule is Cc1c(Cl)cccc1C(=O)NC[C@@H]1CC(=O)N(C2CCCC2)C1. The molecule has 1 saturated heterocycles. The van der Waals surface area contributed by atoms with Crippen molar-refractivity contribution in [2.45, 2.75) is 45.1 Å². The Kier molecular flexibility index (Phi) is 4.90. The third-order valence-electron chi connectivity index (χ3n) is 5.07. The number of hydrogen-bond acceptors (Lipinski definition) is 2. The quantitative estimate of drug-likeness (QED) is 0.919. The van der Waals surface area contributed by atoms with E-state index in [1.165, 1.54) is 12.8 Å². The number of amides is 2. The predicted molar refractivity (Wildman–Crippen MR) is 90.6 cm³/mol. The first-order valence-corrected chi connectivity index (χ1v) is 8.77. The fourth-order valence-electron chi connectivity index (χ4n) is 3.70. The normalized spacial score (nSPS) is 21.9. The van der Waals surface area contributed by atoms with Crippen LogP contribution in [0, 0.1) is 12.8 Å². The molecule has 2 aliphatic rings. The van der Waals surface area contributed by atoms with Crippen LogP contribution in [0.4, 0.5) is 0 Å². The van der Waals surface area contributed by atoms with Gasteiger partial charge in [0.2, 0.25) is 5.91 Å². The summed E-state index contributed by atoms with van der Waals surface area (Å²) in [4.78, 5) is 26.5. The number of carbonyl (C=O) groups excluding carboxylic acids is 2. The van der Waals surface area contributed by atoms with Crippen LogP contribution >= 0.6 is 11.6 Å². The second-order valence-electron chi connectivity index (χ2n) is 6.68. The number of rotatable bonds is 4. The van der Waals surface area contributed by atoms with Gasteiger partial charge in [0, 0.05) is 42.1 Å². The van der Waals surface area contributed by atoms with Crippen molar-refractivity contribution in [2.75, 3.05) is 13.1 Å². The highest BCUT2D eigenvalue weighted by atomic mass is 35.5. The van der Waals surface area contributed by atoms with Crippen LogP contribution in [0.5, 0.6) is 0 Å². The van der Waals surface area contributed by atoms with Crippen LogP contribution < -0.4 is 5.32 Å². The zero-order chi connectivity index (χ0) is 16.4. The van der Waals surface area contributed by atoms with E-state index in [-0.39, 0.29) is 17.7 Å². The van der Waals surface area contributed by atoms with E-state index in [1.807, 2.05) is 11.8 Å². The van der Waals surface area contributed by atoms with Gasteiger partial charge in [0.1, 0.15) is 0 Å². The summed E-state index contributed by atoms with van der Waals surface area (Å²) in [5.74, 6) is 0.346. The Morgan fingerprint density at radius 2 is 2.09 bits per heavy atom. The third kappa shape index (κ3) is 3.52. The van der Waals surface area contributed by atoms with Crippen molar-refractivity contribution in [3.63, 3.8) is 0 Å². The van der Waals surface area contributed by atoms with E-state index in [1.54, 1.807) is 18.2 Å². The molecule has 1 N–H and O–H groups in total. The minimum absolute atomic E-state index is 0.114. The van der Waals surface area contributed by atoms with Gasteiger partial charge in [0.25, 0.3) is 5.91 Å². The zero-order valence-corrected chi connectivity index (χ0v) is 14.2. The molecule has 0 bridgehead atoms. The predicted octanol–water partition coefficient (Wildman–Crippen LogP) is 3.17. The van der Waals surface area contributed by atoms with Crippen LogP contribution in [0.1, 0.15) is 48.0 Å². The summed E-state index contributed by atoms with van der Waals surface area (Å²) >= 11 is 6.06. The maximum Gasteiger partial charge on any atom is 0.251 e. The fourth-order valence-corrected chi connectivity index (χ4v) is 3.87. The molecule has 1 aliphatic carbocycles. The molecule has 5 heteroatoms. The van der Waals surface area contributed by atoms with Gasteiger partial charge < -0.3 is 10.2 Å². The summed E-state index contributed by atoms with van der Waals surface area (Å²) in [7, 11) is 0. The monoisotopic (exact) mass is 334 g/mol. The van der Waals surface area contributed by atoms with E-state index in [0.717, 1.165) is 24.9 Å². The summed E-state index contributed by atoms with van der Waals surface area (Å²) in [6.07, 6.45) is 5.26. The molecule has 0 aromatic heterocycles. The van der Waals surface area contributed by atoms with E-state index >= 15 is 0 Å². The van der Waals surface area contributed by atoms with Crippen molar-refractivity contribution in [2.24, 2.45) is 5.92 Å². The second-order valence-corrected chi connectivity index (χ2v) is 7.08. The topological polar surface area (TPSA) is 49.4 Å². The number of nitrogens with one attached hydrogen (secondary N) is 1. The smallest absolute Gasteiger partial charge is 0.251 e. The molecule has 23 heavy (non-hydrogen) atoms. The summed E-state index contributed by atoms with van der Waals surface area (Å²) in [5, 5.41) is 3.56. The number of carbonyl (C=O) groups is 2. The largest absolute Gasteiger partial charge is 0.352 e. The van der Waals surface area contributed by atoms with Gasteiger partial charge in [-0.2, -0.15) is 0 Å². The van der Waals surface area contributed by atoms with Crippen LogP contribution in [-0.2, 0) is 4.79 Å². The highest BCUT2D eigenvalue weighted by Crippen LogP contribution is 2.29. The van der Waals surface area contributed by atoms with Crippen molar-refractivity contribution in [3.05, 3.63) is 34.3 Å². The van der Waals surface area contributed by atoms with Crippen LogP contribution in [0.15, 0.2) is 18.2 Å². The molecule has 4 nitrogen and oxygen atoms in total. The van der Waals surface area contributed by atoms with Gasteiger partial charge in [0.15, 0.2) is 0 Å². The Morgan fingerprint density at radius 3 is 2.83 bits per heavy atom. The molecule has 2 fully saturated rings. The van der Waals surface area contributed by atoms with Gasteiger partial charge in [-0.3, -0.25) is 9.59 Å². The zero-order valence-electron chi connectivity index (χ0n) is 13.5. The van der Waals surface area contributed by atoms with Crippen molar-refractivity contribution in [3.8, 4) is 0 Å². The number of hydrogen-bond donors (Lipinski definition) is 1. The van der Waals surface area contributed by atoms with E-state index in [2.05, 4.69) is 5.32 Å². The molecule has 1 atom stereocenters. The Hall–Kier alpha value is -1.55. The van der Waals surface area contributed by atoms with Gasteiger partial charge >= 0.3 is 0 Å². The molecule has 1 aromatic rings. The summed E-state index contributed by atoms with van der Waals surface area (Å²) in [6.45, 7) is 3.16. The molecule has 1 saturated carbocycles. The molecule has 1 heterocycles. The Labute approximate surface area is 142 Å². The average Bonchev–Trinajstić information content (AvgIpc) is 3.17. The maximum atomic E-state index is 12.3. The maximum absolute atomic E-state index is 12.3. The van der Waals surface area contributed by atoms with Gasteiger partial charge in [-0.05, 0) is 37.5 Å². The van der Waals surface area contributed by atoms with Gasteiger partial charge in [-0.1, -0.05) is 30.5 Å². The summed E-state index contributed by atoms with van der Waals surface area (Å²) < 4.78 is 0. The minimum atomic E-state index is -0.114. The van der Waals surface area contributed by atoms with Gasteiger partial charge in [0.05, 0.1) is 0 Å². The molecular formula is C18H23ClN2O2. The van der Waals surface area contributed by atoms with Crippen molar-refractivity contribution < 1.29 is 9.59 Å². The van der Waals surface area contributed by atoms with Crippen LogP contribution in [0.2, 0.25) is 5.02 Å². The second kappa shape index (κ2) is 6.91. The Bertz CT molecular complexity index is 611. The lowest BCUT2D eigenvalue weighted by Crippen LogP contribution is -2.36. The molecule has 124 valence electrons. The molecule has 0 unspecified atom stereocenters. The number of benzene rings is 1. The molecule has 2 amide bonds. The molecule has 0 spiro atoms. The Morgan fingerprint density at radius 1 is 1.35 bits per heavy atom. The van der Waals surface area contributed by atoms with E-state index in [4.69, 9.17) is 11.6 Å². The summed E-state index contributed by atoms with van der Waals surface area (Å²) in [5.41, 5.74) is 1.40. The highest BCUT2D eigenvalue weighted by molar-refractivity contribution is 6.31. The Balaban J connectivity index is 1.55. The first-order chi connectivity index (χ1) is 11.1. The van der Waals surface area contributed by atoms with Crippen molar-refractivity contribution in [1.29, 1.82) is 0 Å². The first-order valence-electron chi connectivity index (χ1n) is 8.39. The van der Waals surface area contributed by atoms with Gasteiger partial charge in [-0.25, -0.2) is 0 Å². The molecular weight excluding hydrogens is 312 g/mol. The minimum Gasteiger partial charge on any atom is -0.352 e. The van der Waals surface area contributed by atoms with Crippen LogP contribution in [0.25, 0.3) is 0 Å². The number of nitrogens with zero attached hydrogens (tertiary/aromatic N) is 1. The van der Waals surface area contributed by atoms with Crippen LogP contribution in [0.3, 0.4) is 0 Å². The lowest BCUT2D eigenvalue weighted by atomic mass is 10.1. The number of halogens is 1. The standard InChI is InChI=1S/C18H23ClN2O2/c1-12-15(7-4-8-16(12)19)18(23)20-10-13-9-17(22)21(11-13)14-5-2-3-6-14/h4,7-8,13-14H,2-3,5-6,9-11H2,1H3,(H,20,23)/t13-/m0/s1. The average molecular weight is 335 g/mol. The molecule has 3 rings (SSSR count). The van der Waals surface area contributed by atoms with Gasteiger partial charge in [-0.15, -0.1) is 0 Å². The highest BCUT2D eigenvalue weighted by Gasteiger charge is 2.35. The van der Waals surface area contributed by atoms with Crippen molar-refractivity contribution in [1.82, 2.24) is 10.2 Å². The molecule has 0 radical (unpaired) electrons. The first kappa shape index (κ1) is 16.3. The third-order valence-corrected chi connectivity index (χ3v) is 5.48. The molecule has 1 aromatic carbocycles. The number of likely N-dealkylation sites (tertiary alicyclic amines) is 1. The van der Waals surface area contributed by atoms with Crippen molar-refractivity contribution >= 4 is 23.4 Å². The van der Waals surface area contributed by atoms with E-state index < -0.39 is 0 Å². The van der Waals surface area contributed by atoms with E-state index in [0.29, 0.717) is 29.6 Å². The van der Waals surface area contributed by atoms with E-state index in [9.17, 15) is 9.59 Å². The lowest BCUT2D eigenvalue weighted by molar-refractivity contribution is -0.129. The lowest BCUT2D eigenvalue weighted by Gasteiger charge is -2.24. The summed E-state index contributed by atoms with van der Waals surface area (Å²) in [6, 6.07) is 5.77.